The van der Waals surface area contributed by atoms with Crippen molar-refractivity contribution in [2.45, 2.75) is 11.8 Å². The zero-order valence-corrected chi connectivity index (χ0v) is 8.99. The van der Waals surface area contributed by atoms with E-state index in [1.54, 1.807) is 7.11 Å². The van der Waals surface area contributed by atoms with Gasteiger partial charge in [0.25, 0.3) is 0 Å². The van der Waals surface area contributed by atoms with Crippen LogP contribution in [0.15, 0.2) is 24.3 Å². The van der Waals surface area contributed by atoms with Crippen molar-refractivity contribution in [1.82, 2.24) is 5.32 Å². The SMILES string of the molecule is COc1cccc(C2(CO)CCNC2)c1. The summed E-state index contributed by atoms with van der Waals surface area (Å²) >= 11 is 0. The van der Waals surface area contributed by atoms with Gasteiger partial charge in [-0.1, -0.05) is 12.1 Å². The minimum atomic E-state index is -0.117. The molecule has 0 saturated carbocycles. The summed E-state index contributed by atoms with van der Waals surface area (Å²) in [6.07, 6.45) is 0.983. The van der Waals surface area contributed by atoms with Gasteiger partial charge in [-0.2, -0.15) is 0 Å². The molecule has 1 aromatic carbocycles. The van der Waals surface area contributed by atoms with Crippen LogP contribution in [0, 0.1) is 0 Å². The first-order valence-corrected chi connectivity index (χ1v) is 5.27. The molecule has 0 bridgehead atoms. The van der Waals surface area contributed by atoms with Crippen LogP contribution in [-0.4, -0.2) is 31.9 Å². The van der Waals surface area contributed by atoms with Gasteiger partial charge in [-0.15, -0.1) is 0 Å². The molecular weight excluding hydrogens is 190 g/mol. The quantitative estimate of drug-likeness (QED) is 0.774. The van der Waals surface area contributed by atoms with Crippen LogP contribution in [0.5, 0.6) is 5.75 Å². The van der Waals surface area contributed by atoms with Crippen molar-refractivity contribution in [3.63, 3.8) is 0 Å². The number of aliphatic hydroxyl groups excluding tert-OH is 1. The fraction of sp³-hybridized carbons (Fsp3) is 0.500. The second kappa shape index (κ2) is 4.21. The smallest absolute Gasteiger partial charge is 0.119 e. The number of hydrogen-bond donors (Lipinski definition) is 2. The summed E-state index contributed by atoms with van der Waals surface area (Å²) in [7, 11) is 1.66. The summed E-state index contributed by atoms with van der Waals surface area (Å²) in [5.41, 5.74) is 1.04. The molecule has 15 heavy (non-hydrogen) atoms. The van der Waals surface area contributed by atoms with E-state index in [0.29, 0.717) is 0 Å². The van der Waals surface area contributed by atoms with Gasteiger partial charge in [0, 0.05) is 12.0 Å². The first kappa shape index (κ1) is 10.5. The third-order valence-electron chi connectivity index (χ3n) is 3.23. The fourth-order valence-corrected chi connectivity index (χ4v) is 2.17. The van der Waals surface area contributed by atoms with E-state index in [-0.39, 0.29) is 12.0 Å². The minimum absolute atomic E-state index is 0.117. The molecule has 1 heterocycles. The third-order valence-corrected chi connectivity index (χ3v) is 3.23. The molecule has 3 heteroatoms. The van der Waals surface area contributed by atoms with Crippen LogP contribution in [0.4, 0.5) is 0 Å². The van der Waals surface area contributed by atoms with E-state index in [9.17, 15) is 5.11 Å². The van der Waals surface area contributed by atoms with Gasteiger partial charge in [-0.3, -0.25) is 0 Å². The number of hydrogen-bond acceptors (Lipinski definition) is 3. The van der Waals surface area contributed by atoms with Crippen molar-refractivity contribution < 1.29 is 9.84 Å². The molecule has 3 nitrogen and oxygen atoms in total. The monoisotopic (exact) mass is 207 g/mol. The van der Waals surface area contributed by atoms with E-state index >= 15 is 0 Å². The minimum Gasteiger partial charge on any atom is -0.497 e. The summed E-state index contributed by atoms with van der Waals surface area (Å²) < 4.78 is 5.20. The van der Waals surface area contributed by atoms with Gasteiger partial charge in [-0.05, 0) is 30.7 Å². The Morgan fingerprint density at radius 2 is 2.40 bits per heavy atom. The molecule has 0 amide bonds. The van der Waals surface area contributed by atoms with Gasteiger partial charge >= 0.3 is 0 Å². The van der Waals surface area contributed by atoms with Crippen LogP contribution < -0.4 is 10.1 Å². The molecule has 1 atom stereocenters. The van der Waals surface area contributed by atoms with E-state index in [2.05, 4.69) is 11.4 Å². The molecule has 1 saturated heterocycles. The van der Waals surface area contributed by atoms with Crippen molar-refractivity contribution in [2.75, 3.05) is 26.8 Å². The zero-order valence-electron chi connectivity index (χ0n) is 8.99. The highest BCUT2D eigenvalue weighted by atomic mass is 16.5. The Morgan fingerprint density at radius 3 is 3.00 bits per heavy atom. The second-order valence-corrected chi connectivity index (χ2v) is 4.10. The van der Waals surface area contributed by atoms with E-state index in [4.69, 9.17) is 4.74 Å². The van der Waals surface area contributed by atoms with Gasteiger partial charge in [0.2, 0.25) is 0 Å². The molecule has 0 aliphatic carbocycles. The Bertz CT molecular complexity index is 332. The Balaban J connectivity index is 2.33. The van der Waals surface area contributed by atoms with Gasteiger partial charge < -0.3 is 15.2 Å². The van der Waals surface area contributed by atoms with Crippen LogP contribution >= 0.6 is 0 Å². The van der Waals surface area contributed by atoms with Crippen LogP contribution in [0.2, 0.25) is 0 Å². The lowest BCUT2D eigenvalue weighted by atomic mass is 9.80. The lowest BCUT2D eigenvalue weighted by Crippen LogP contribution is -2.32. The topological polar surface area (TPSA) is 41.5 Å². The summed E-state index contributed by atoms with van der Waals surface area (Å²) in [6.45, 7) is 2.00. The highest BCUT2D eigenvalue weighted by Gasteiger charge is 2.35. The summed E-state index contributed by atoms with van der Waals surface area (Å²) in [5.74, 6) is 0.854. The van der Waals surface area contributed by atoms with E-state index in [1.807, 2.05) is 18.2 Å². The second-order valence-electron chi connectivity index (χ2n) is 4.10. The van der Waals surface area contributed by atoms with Crippen molar-refractivity contribution >= 4 is 0 Å². The predicted molar refractivity (Wildman–Crippen MR) is 59.2 cm³/mol. The van der Waals surface area contributed by atoms with Gasteiger partial charge in [0.15, 0.2) is 0 Å². The molecule has 2 rings (SSSR count). The number of rotatable bonds is 3. The zero-order chi connectivity index (χ0) is 10.7. The number of nitrogens with one attached hydrogen (secondary N) is 1. The molecule has 0 aromatic heterocycles. The predicted octanol–water partition coefficient (Wildman–Crippen LogP) is 0.919. The van der Waals surface area contributed by atoms with Crippen molar-refractivity contribution in [3.8, 4) is 5.75 Å². The first-order valence-electron chi connectivity index (χ1n) is 5.27. The van der Waals surface area contributed by atoms with Crippen LogP contribution in [0.1, 0.15) is 12.0 Å². The number of benzene rings is 1. The number of ether oxygens (including phenoxy) is 1. The largest absolute Gasteiger partial charge is 0.497 e. The maximum atomic E-state index is 9.55. The Kier molecular flexibility index (Phi) is 2.93. The highest BCUT2D eigenvalue weighted by Crippen LogP contribution is 2.32. The highest BCUT2D eigenvalue weighted by molar-refractivity contribution is 5.35. The maximum absolute atomic E-state index is 9.55. The molecular formula is C12H17NO2. The van der Waals surface area contributed by atoms with Crippen molar-refractivity contribution in [2.24, 2.45) is 0 Å². The maximum Gasteiger partial charge on any atom is 0.119 e. The standard InChI is InChI=1S/C12H17NO2/c1-15-11-4-2-3-10(7-11)12(9-14)5-6-13-8-12/h2-4,7,13-14H,5-6,8-9H2,1H3. The van der Waals surface area contributed by atoms with Gasteiger partial charge in [-0.25, -0.2) is 0 Å². The summed E-state index contributed by atoms with van der Waals surface area (Å²) in [5, 5.41) is 12.9. The fourth-order valence-electron chi connectivity index (χ4n) is 2.17. The first-order chi connectivity index (χ1) is 7.30. The average molecular weight is 207 g/mol. The lowest BCUT2D eigenvalue weighted by Gasteiger charge is -2.26. The third kappa shape index (κ3) is 1.85. The van der Waals surface area contributed by atoms with E-state index in [1.165, 1.54) is 0 Å². The van der Waals surface area contributed by atoms with E-state index in [0.717, 1.165) is 30.8 Å². The molecule has 82 valence electrons. The Hall–Kier alpha value is -1.06. The average Bonchev–Trinajstić information content (AvgIpc) is 2.79. The van der Waals surface area contributed by atoms with Gasteiger partial charge in [0.1, 0.15) is 5.75 Å². The normalized spacial score (nSPS) is 25.5. The molecule has 1 aromatic rings. The summed E-state index contributed by atoms with van der Waals surface area (Å²) in [4.78, 5) is 0. The van der Waals surface area contributed by atoms with Crippen LogP contribution in [-0.2, 0) is 5.41 Å². The van der Waals surface area contributed by atoms with Crippen molar-refractivity contribution in [1.29, 1.82) is 0 Å². The lowest BCUT2D eigenvalue weighted by molar-refractivity contribution is 0.205. The van der Waals surface area contributed by atoms with Gasteiger partial charge in [0.05, 0.1) is 13.7 Å². The molecule has 2 N–H and O–H groups in total. The summed E-state index contributed by atoms with van der Waals surface area (Å²) in [6, 6.07) is 7.98. The molecule has 0 radical (unpaired) electrons. The van der Waals surface area contributed by atoms with Crippen LogP contribution in [0.3, 0.4) is 0 Å². The molecule has 1 aliphatic rings. The number of methoxy groups -OCH3 is 1. The molecule has 1 fully saturated rings. The molecule has 1 aliphatic heterocycles. The van der Waals surface area contributed by atoms with Crippen molar-refractivity contribution in [3.05, 3.63) is 29.8 Å². The molecule has 1 unspecified atom stereocenters. The van der Waals surface area contributed by atoms with Crippen LogP contribution in [0.25, 0.3) is 0 Å². The number of aliphatic hydroxyl groups is 1. The Morgan fingerprint density at radius 1 is 1.53 bits per heavy atom. The van der Waals surface area contributed by atoms with E-state index < -0.39 is 0 Å². The Labute approximate surface area is 90.1 Å². The molecule has 0 spiro atoms.